The number of carbonyl (C=O) groups excluding carboxylic acids is 2. The zero-order valence-electron chi connectivity index (χ0n) is 17.7. The number of aromatic nitrogens is 1. The first-order chi connectivity index (χ1) is 14.9. The van der Waals surface area contributed by atoms with Gasteiger partial charge in [-0.1, -0.05) is 42.5 Å². The molecule has 0 radical (unpaired) electrons. The summed E-state index contributed by atoms with van der Waals surface area (Å²) in [5.41, 5.74) is 2.09. The van der Waals surface area contributed by atoms with Crippen molar-refractivity contribution in [1.82, 2.24) is 4.57 Å². The minimum atomic E-state index is -0.549. The van der Waals surface area contributed by atoms with Crippen LogP contribution in [0.5, 0.6) is 0 Å². The van der Waals surface area contributed by atoms with Crippen LogP contribution in [0.3, 0.4) is 0 Å². The molecule has 0 bridgehead atoms. The second-order valence-electron chi connectivity index (χ2n) is 7.01. The Bertz CT molecular complexity index is 1240. The van der Waals surface area contributed by atoms with Crippen LogP contribution >= 0.6 is 11.3 Å². The largest absolute Gasteiger partial charge is 0.463 e. The van der Waals surface area contributed by atoms with Crippen molar-refractivity contribution in [2.24, 2.45) is 0 Å². The molecule has 6 nitrogen and oxygen atoms in total. The zero-order valence-corrected chi connectivity index (χ0v) is 18.5. The number of carbonyl (C=O) groups is 2. The first kappa shape index (κ1) is 22.2. The van der Waals surface area contributed by atoms with Gasteiger partial charge in [-0.3, -0.25) is 14.2 Å². The number of rotatable bonds is 7. The fourth-order valence-electron chi connectivity index (χ4n) is 2.96. The van der Waals surface area contributed by atoms with E-state index in [9.17, 15) is 14.4 Å². The van der Waals surface area contributed by atoms with E-state index in [1.807, 2.05) is 49.3 Å². The minimum absolute atomic E-state index is 0.155. The molecule has 0 aliphatic rings. The quantitative estimate of drug-likeness (QED) is 0.419. The summed E-state index contributed by atoms with van der Waals surface area (Å²) in [7, 11) is 3.91. The van der Waals surface area contributed by atoms with Gasteiger partial charge in [0.25, 0.3) is 5.56 Å². The molecule has 0 saturated carbocycles. The number of Topliss-reactive ketones (excluding diaryl/α,β-unsaturated/α-hetero) is 1. The molecule has 1 heterocycles. The van der Waals surface area contributed by atoms with E-state index < -0.39 is 5.97 Å². The normalized spacial score (nSPS) is 12.1. The lowest BCUT2D eigenvalue weighted by molar-refractivity contribution is -0.135. The summed E-state index contributed by atoms with van der Waals surface area (Å²) in [4.78, 5) is 39.8. The van der Waals surface area contributed by atoms with Crippen molar-refractivity contribution in [2.75, 3.05) is 25.6 Å². The van der Waals surface area contributed by atoms with E-state index in [0.717, 1.165) is 22.6 Å². The van der Waals surface area contributed by atoms with Crippen LogP contribution < -0.4 is 19.7 Å². The SMILES string of the molecule is CCOC(=O)/C=c1\s/c(=C/c2ccc(N(C)C)cc2)c(=O)n1CC(=O)c1ccccc1. The fourth-order valence-corrected chi connectivity index (χ4v) is 3.99. The maximum Gasteiger partial charge on any atom is 0.333 e. The molecule has 0 aliphatic heterocycles. The Morgan fingerprint density at radius 1 is 1.06 bits per heavy atom. The summed E-state index contributed by atoms with van der Waals surface area (Å²) in [6, 6.07) is 16.5. The lowest BCUT2D eigenvalue weighted by Crippen LogP contribution is -2.34. The van der Waals surface area contributed by atoms with E-state index in [1.165, 1.54) is 10.6 Å². The van der Waals surface area contributed by atoms with Crippen LogP contribution in [0.4, 0.5) is 5.69 Å². The van der Waals surface area contributed by atoms with Crippen LogP contribution in [0.2, 0.25) is 0 Å². The molecule has 0 saturated heterocycles. The van der Waals surface area contributed by atoms with Crippen LogP contribution in [0.25, 0.3) is 12.2 Å². The number of thiazole rings is 1. The molecule has 0 N–H and O–H groups in total. The van der Waals surface area contributed by atoms with Gasteiger partial charge in [-0.05, 0) is 30.7 Å². The number of anilines is 1. The van der Waals surface area contributed by atoms with Gasteiger partial charge in [0.1, 0.15) is 4.66 Å². The van der Waals surface area contributed by atoms with Crippen molar-refractivity contribution in [2.45, 2.75) is 13.5 Å². The van der Waals surface area contributed by atoms with Crippen molar-refractivity contribution in [1.29, 1.82) is 0 Å². The van der Waals surface area contributed by atoms with Gasteiger partial charge in [-0.2, -0.15) is 0 Å². The van der Waals surface area contributed by atoms with E-state index >= 15 is 0 Å². The highest BCUT2D eigenvalue weighted by Crippen LogP contribution is 2.12. The molecule has 0 aliphatic carbocycles. The Balaban J connectivity index is 2.06. The van der Waals surface area contributed by atoms with Crippen LogP contribution in [0.15, 0.2) is 59.4 Å². The van der Waals surface area contributed by atoms with Gasteiger partial charge in [-0.25, -0.2) is 4.79 Å². The van der Waals surface area contributed by atoms with E-state index in [1.54, 1.807) is 37.3 Å². The summed E-state index contributed by atoms with van der Waals surface area (Å²) in [6.07, 6.45) is 3.03. The molecular formula is C24H24N2O4S. The summed E-state index contributed by atoms with van der Waals surface area (Å²) in [5.74, 6) is -0.757. The summed E-state index contributed by atoms with van der Waals surface area (Å²) < 4.78 is 7.14. The number of ether oxygens (including phenoxy) is 1. The van der Waals surface area contributed by atoms with E-state index in [4.69, 9.17) is 4.74 Å². The van der Waals surface area contributed by atoms with Gasteiger partial charge in [0.2, 0.25) is 0 Å². The monoisotopic (exact) mass is 436 g/mol. The average molecular weight is 437 g/mol. The minimum Gasteiger partial charge on any atom is -0.463 e. The van der Waals surface area contributed by atoms with Crippen LogP contribution in [0.1, 0.15) is 22.8 Å². The Morgan fingerprint density at radius 3 is 2.35 bits per heavy atom. The van der Waals surface area contributed by atoms with Crippen LogP contribution in [-0.4, -0.2) is 37.0 Å². The fraction of sp³-hybridized carbons (Fsp3) is 0.208. The van der Waals surface area contributed by atoms with Gasteiger partial charge < -0.3 is 9.64 Å². The molecule has 3 rings (SSSR count). The lowest BCUT2D eigenvalue weighted by atomic mass is 10.1. The van der Waals surface area contributed by atoms with Crippen LogP contribution in [0, 0.1) is 0 Å². The number of benzene rings is 2. The van der Waals surface area contributed by atoms with Crippen molar-refractivity contribution >= 4 is 40.9 Å². The number of esters is 1. The second kappa shape index (κ2) is 10.0. The van der Waals surface area contributed by atoms with Gasteiger partial charge in [0.15, 0.2) is 5.78 Å². The zero-order chi connectivity index (χ0) is 22.4. The Labute approximate surface area is 184 Å². The standard InChI is InChI=1S/C24H24N2O4S/c1-4-30-23(28)15-22-26(16-20(27)18-8-6-5-7-9-18)24(29)21(31-22)14-17-10-12-19(13-11-17)25(2)3/h5-15H,4,16H2,1-3H3/b21-14+,22-15-. The molecule has 0 amide bonds. The third-order valence-corrected chi connectivity index (χ3v) is 5.63. The van der Waals surface area contributed by atoms with Gasteiger partial charge in [0, 0.05) is 25.3 Å². The molecule has 31 heavy (non-hydrogen) atoms. The van der Waals surface area contributed by atoms with Gasteiger partial charge >= 0.3 is 5.97 Å². The highest BCUT2D eigenvalue weighted by Gasteiger charge is 2.12. The third-order valence-electron chi connectivity index (χ3n) is 4.57. The van der Waals surface area contributed by atoms with Gasteiger partial charge in [0.05, 0.1) is 23.8 Å². The molecule has 160 valence electrons. The van der Waals surface area contributed by atoms with Crippen molar-refractivity contribution in [3.05, 3.63) is 85.3 Å². The van der Waals surface area contributed by atoms with E-state index in [-0.39, 0.29) is 24.5 Å². The lowest BCUT2D eigenvalue weighted by Gasteiger charge is -2.11. The number of hydrogen-bond acceptors (Lipinski definition) is 6. The number of nitrogens with zero attached hydrogens (tertiary/aromatic N) is 2. The second-order valence-corrected chi connectivity index (χ2v) is 8.07. The maximum atomic E-state index is 13.1. The molecule has 2 aromatic carbocycles. The van der Waals surface area contributed by atoms with Crippen molar-refractivity contribution in [3.8, 4) is 0 Å². The smallest absolute Gasteiger partial charge is 0.333 e. The first-order valence-electron chi connectivity index (χ1n) is 9.84. The number of ketones is 1. The topological polar surface area (TPSA) is 68.6 Å². The molecule has 0 atom stereocenters. The first-order valence-corrected chi connectivity index (χ1v) is 10.7. The molecule has 0 unspecified atom stereocenters. The molecule has 0 spiro atoms. The maximum absolute atomic E-state index is 13.1. The Hall–Kier alpha value is -3.45. The van der Waals surface area contributed by atoms with Gasteiger partial charge in [-0.15, -0.1) is 11.3 Å². The van der Waals surface area contributed by atoms with Crippen LogP contribution in [-0.2, 0) is 16.1 Å². The summed E-state index contributed by atoms with van der Waals surface area (Å²) in [5, 5.41) is 0. The molecular weight excluding hydrogens is 412 g/mol. The predicted octanol–water partition coefficient (Wildman–Crippen LogP) is 2.03. The highest BCUT2D eigenvalue weighted by atomic mass is 32.1. The van der Waals surface area contributed by atoms with E-state index in [0.29, 0.717) is 14.8 Å². The van der Waals surface area contributed by atoms with E-state index in [2.05, 4.69) is 0 Å². The molecule has 1 aromatic heterocycles. The number of hydrogen-bond donors (Lipinski definition) is 0. The van der Waals surface area contributed by atoms with Crippen molar-refractivity contribution in [3.63, 3.8) is 0 Å². The predicted molar refractivity (Wildman–Crippen MR) is 124 cm³/mol. The average Bonchev–Trinajstić information content (AvgIpc) is 3.03. The van der Waals surface area contributed by atoms with Crippen molar-refractivity contribution < 1.29 is 14.3 Å². The summed E-state index contributed by atoms with van der Waals surface area (Å²) >= 11 is 1.16. The Morgan fingerprint density at radius 2 is 1.74 bits per heavy atom. The molecule has 3 aromatic rings. The highest BCUT2D eigenvalue weighted by molar-refractivity contribution is 7.07. The molecule has 7 heteroatoms. The summed E-state index contributed by atoms with van der Waals surface area (Å²) in [6.45, 7) is 1.78. The third kappa shape index (κ3) is 5.58. The Kier molecular flexibility index (Phi) is 7.20. The molecule has 0 fully saturated rings.